The highest BCUT2D eigenvalue weighted by Crippen LogP contribution is 2.44. The van der Waals surface area contributed by atoms with Gasteiger partial charge in [0.25, 0.3) is 0 Å². The summed E-state index contributed by atoms with van der Waals surface area (Å²) >= 11 is 0. The van der Waals surface area contributed by atoms with E-state index in [9.17, 15) is 19.5 Å². The first-order chi connectivity index (χ1) is 24.4. The fraction of sp³-hybridized carbons (Fsp3) is 0.550. The molecule has 10 heteroatoms. The second kappa shape index (κ2) is 19.3. The van der Waals surface area contributed by atoms with Crippen molar-refractivity contribution in [3.05, 3.63) is 64.6 Å². The van der Waals surface area contributed by atoms with Crippen molar-refractivity contribution in [1.82, 2.24) is 5.32 Å². The van der Waals surface area contributed by atoms with Crippen molar-refractivity contribution < 1.29 is 29.0 Å². The molecule has 0 atom stereocenters. The Kier molecular flexibility index (Phi) is 14.6. The maximum absolute atomic E-state index is 14.0. The van der Waals surface area contributed by atoms with Gasteiger partial charge in [-0.15, -0.1) is 7.55 Å². The van der Waals surface area contributed by atoms with Crippen LogP contribution in [0.15, 0.2) is 59.0 Å². The Bertz CT molecular complexity index is 1560. The van der Waals surface area contributed by atoms with E-state index in [1.807, 2.05) is 36.4 Å². The molecule has 2 aliphatic carbocycles. The number of carbonyl (C=O) groups is 3. The van der Waals surface area contributed by atoms with Gasteiger partial charge in [0.2, 0.25) is 17.6 Å². The number of aliphatic hydroxyl groups excluding tert-OH is 1. The van der Waals surface area contributed by atoms with Crippen molar-refractivity contribution in [3.63, 3.8) is 0 Å². The number of hydrogen-bond donors (Lipinski definition) is 3. The number of benzene rings is 1. The van der Waals surface area contributed by atoms with Crippen LogP contribution in [-0.2, 0) is 23.9 Å². The first-order valence-electron chi connectivity index (χ1n) is 18.9. The number of aliphatic hydroxyl groups is 1. The molecule has 0 aromatic heterocycles. The normalized spacial score (nSPS) is 19.8. The predicted molar refractivity (Wildman–Crippen MR) is 206 cm³/mol. The summed E-state index contributed by atoms with van der Waals surface area (Å²) in [5, 5.41) is 19.0. The number of hydrogen-bond acceptors (Lipinski definition) is 7. The average Bonchev–Trinajstić information content (AvgIpc) is 3.13. The van der Waals surface area contributed by atoms with E-state index >= 15 is 0 Å². The fourth-order valence-electron chi connectivity index (χ4n) is 6.97. The standard InChI is InChI=1S/C40H56N3O6P/c1-3-5-7-9-11-13-35(44)41-33-27-29(43-19-21-48-22-20-43)15-17-31(33)37-39(46)38(40(37)47)32-18-16-30(50-25-23-49-24-26-50)28-34(32)42-36(45)14-12-10-8-6-4-2/h15-18,27-28,46,50H,3-14,19-26H2,1-2H3,(H,41,44)(H,42,45)/b38-32+. The summed E-state index contributed by atoms with van der Waals surface area (Å²) in [5.74, 6) is -0.616. The van der Waals surface area contributed by atoms with Crippen LogP contribution >= 0.6 is 7.55 Å². The monoisotopic (exact) mass is 705 g/mol. The van der Waals surface area contributed by atoms with Gasteiger partial charge < -0.3 is 30.1 Å². The molecule has 3 N–H and O–H groups in total. The molecule has 5 rings (SSSR count). The van der Waals surface area contributed by atoms with Gasteiger partial charge in [-0.2, -0.15) is 0 Å². The Labute approximate surface area is 298 Å². The molecule has 0 saturated carbocycles. The average molecular weight is 706 g/mol. The second-order valence-corrected chi connectivity index (χ2v) is 16.4. The molecule has 4 aliphatic rings. The molecule has 0 radical (unpaired) electrons. The highest BCUT2D eigenvalue weighted by Gasteiger charge is 2.39. The number of nitrogens with one attached hydrogen (secondary N) is 2. The minimum absolute atomic E-state index is 0.0847. The molecule has 2 saturated heterocycles. The van der Waals surface area contributed by atoms with Crippen LogP contribution in [0.25, 0.3) is 5.57 Å². The summed E-state index contributed by atoms with van der Waals surface area (Å²) in [6.45, 7) is 8.52. The molecule has 0 bridgehead atoms. The molecule has 2 heterocycles. The Morgan fingerprint density at radius 1 is 0.800 bits per heavy atom. The van der Waals surface area contributed by atoms with Crippen molar-refractivity contribution in [2.75, 3.05) is 62.1 Å². The smallest absolute Gasteiger partial charge is 0.224 e. The van der Waals surface area contributed by atoms with Crippen LogP contribution in [0.4, 0.5) is 11.4 Å². The zero-order valence-corrected chi connectivity index (χ0v) is 31.0. The van der Waals surface area contributed by atoms with E-state index in [1.165, 1.54) is 5.29 Å². The van der Waals surface area contributed by atoms with Crippen LogP contribution in [0.5, 0.6) is 0 Å². The number of allylic oxidation sites excluding steroid dienone is 5. The van der Waals surface area contributed by atoms with Crippen molar-refractivity contribution in [3.8, 4) is 0 Å². The maximum atomic E-state index is 14.0. The molecule has 2 fully saturated rings. The molecule has 0 unspecified atom stereocenters. The summed E-state index contributed by atoms with van der Waals surface area (Å²) in [4.78, 5) is 42.5. The van der Waals surface area contributed by atoms with Crippen LogP contribution in [0, 0.1) is 0 Å². The van der Waals surface area contributed by atoms with Crippen LogP contribution in [0.1, 0.15) is 96.5 Å². The molecule has 50 heavy (non-hydrogen) atoms. The predicted octanol–water partition coefficient (Wildman–Crippen LogP) is 7.32. The molecule has 1 aromatic carbocycles. The number of ether oxygens (including phenoxy) is 2. The van der Waals surface area contributed by atoms with E-state index in [1.54, 1.807) is 0 Å². The highest BCUT2D eigenvalue weighted by molar-refractivity contribution is 7.59. The molecular weight excluding hydrogens is 649 g/mol. The van der Waals surface area contributed by atoms with Gasteiger partial charge in [0, 0.05) is 48.5 Å². The molecule has 9 nitrogen and oxygen atoms in total. The Morgan fingerprint density at radius 3 is 2.06 bits per heavy atom. The third-order valence-electron chi connectivity index (χ3n) is 9.93. The topological polar surface area (TPSA) is 117 Å². The lowest BCUT2D eigenvalue weighted by molar-refractivity contribution is -0.120. The van der Waals surface area contributed by atoms with Crippen LogP contribution in [-0.4, -0.2) is 79.8 Å². The van der Waals surface area contributed by atoms with Gasteiger partial charge >= 0.3 is 0 Å². The number of nitrogens with zero attached hydrogens (tertiary/aromatic N) is 1. The number of anilines is 2. The van der Waals surface area contributed by atoms with Crippen molar-refractivity contribution in [1.29, 1.82) is 0 Å². The molecular formula is C40H56N3O6P. The Hall–Kier alpha value is -3.39. The zero-order chi connectivity index (χ0) is 35.3. The van der Waals surface area contributed by atoms with Crippen LogP contribution in [0.3, 0.4) is 0 Å². The number of amides is 2. The maximum Gasteiger partial charge on any atom is 0.224 e. The Morgan fingerprint density at radius 2 is 1.42 bits per heavy atom. The third kappa shape index (κ3) is 9.89. The molecule has 1 aromatic rings. The number of morpholine rings is 1. The lowest BCUT2D eigenvalue weighted by atomic mass is 9.78. The first kappa shape index (κ1) is 37.9. The SMILES string of the molecule is CCCCCCCC(=O)NC1=CC(=[PH]2CCOCC2)C=C/C1=C1\C(=O)C(c2ccc(N3CCOCC3)cc2NC(=O)CCCCCCC)=C1O. The van der Waals surface area contributed by atoms with Gasteiger partial charge in [0.1, 0.15) is 5.76 Å². The second-order valence-electron chi connectivity index (χ2n) is 13.7. The minimum atomic E-state index is -0.859. The number of carbonyl (C=O) groups excluding carboxylic acids is 3. The van der Waals surface area contributed by atoms with E-state index in [-0.39, 0.29) is 34.5 Å². The van der Waals surface area contributed by atoms with E-state index in [4.69, 9.17) is 9.47 Å². The quantitative estimate of drug-likeness (QED) is 0.0938. The highest BCUT2D eigenvalue weighted by atomic mass is 31.1. The summed E-state index contributed by atoms with van der Waals surface area (Å²) < 4.78 is 11.1. The lowest BCUT2D eigenvalue weighted by Gasteiger charge is -2.31. The van der Waals surface area contributed by atoms with Gasteiger partial charge in [0.15, 0.2) is 0 Å². The zero-order valence-electron chi connectivity index (χ0n) is 30.0. The molecule has 2 aliphatic heterocycles. The fourth-order valence-corrected chi connectivity index (χ4v) is 9.25. The van der Waals surface area contributed by atoms with Gasteiger partial charge in [-0.3, -0.25) is 14.4 Å². The van der Waals surface area contributed by atoms with Crippen molar-refractivity contribution in [2.24, 2.45) is 0 Å². The summed E-state index contributed by atoms with van der Waals surface area (Å²) in [5.41, 5.74) is 3.40. The summed E-state index contributed by atoms with van der Waals surface area (Å²) in [7, 11) is -0.859. The third-order valence-corrected chi connectivity index (χ3v) is 12.7. The number of Topliss-reactive ketones (excluding diaryl/α,β-unsaturated/α-hetero) is 1. The largest absolute Gasteiger partial charge is 0.506 e. The van der Waals surface area contributed by atoms with Gasteiger partial charge in [-0.25, -0.2) is 0 Å². The number of ketones is 1. The summed E-state index contributed by atoms with van der Waals surface area (Å²) in [6, 6.07) is 5.66. The summed E-state index contributed by atoms with van der Waals surface area (Å²) in [6.07, 6.45) is 19.2. The van der Waals surface area contributed by atoms with Gasteiger partial charge in [-0.1, -0.05) is 77.4 Å². The van der Waals surface area contributed by atoms with E-state index in [0.29, 0.717) is 48.6 Å². The molecule has 0 spiro atoms. The van der Waals surface area contributed by atoms with Crippen molar-refractivity contribution >= 4 is 47.4 Å². The van der Waals surface area contributed by atoms with Crippen LogP contribution in [0.2, 0.25) is 0 Å². The van der Waals surface area contributed by atoms with E-state index in [2.05, 4.69) is 29.4 Å². The van der Waals surface area contributed by atoms with Gasteiger partial charge in [-0.05, 0) is 54.7 Å². The number of unbranched alkanes of at least 4 members (excludes halogenated alkanes) is 8. The van der Waals surface area contributed by atoms with E-state index < -0.39 is 7.55 Å². The Balaban J connectivity index is 1.44. The van der Waals surface area contributed by atoms with Crippen molar-refractivity contribution in [2.45, 2.75) is 90.9 Å². The van der Waals surface area contributed by atoms with Crippen LogP contribution < -0.4 is 15.5 Å². The van der Waals surface area contributed by atoms with Gasteiger partial charge in [0.05, 0.1) is 43.3 Å². The lowest BCUT2D eigenvalue weighted by Crippen LogP contribution is -2.36. The molecule has 2 amide bonds. The van der Waals surface area contributed by atoms with E-state index in [0.717, 1.165) is 109 Å². The first-order valence-corrected chi connectivity index (χ1v) is 20.8. The minimum Gasteiger partial charge on any atom is -0.506 e. The number of rotatable bonds is 16. The molecule has 272 valence electrons.